The number of aryl methyl sites for hydroxylation is 1. The number of carbonyl (C=O) groups excluding carboxylic acids is 1. The van der Waals surface area contributed by atoms with E-state index in [4.69, 9.17) is 23.5 Å². The smallest absolute Gasteiger partial charge is 0.342 e. The van der Waals surface area contributed by atoms with Crippen molar-refractivity contribution in [2.45, 2.75) is 13.5 Å². The van der Waals surface area contributed by atoms with Gasteiger partial charge in [-0.25, -0.2) is 4.79 Å². The van der Waals surface area contributed by atoms with E-state index in [2.05, 4.69) is 10.1 Å². The molecule has 0 aliphatic heterocycles. The number of hydrogen-bond donors (Lipinski definition) is 0. The lowest BCUT2D eigenvalue weighted by atomic mass is 10.1. The first-order chi connectivity index (χ1) is 10.6. The highest BCUT2D eigenvalue weighted by Crippen LogP contribution is 2.34. The SMILES string of the molecule is COc1cc(OC)c(C(=O)OCc2nc(C)no2)cc1OC. The summed E-state index contributed by atoms with van der Waals surface area (Å²) in [5, 5.41) is 3.61. The van der Waals surface area contributed by atoms with Gasteiger partial charge in [-0.3, -0.25) is 0 Å². The molecule has 0 atom stereocenters. The van der Waals surface area contributed by atoms with Crippen molar-refractivity contribution in [2.24, 2.45) is 0 Å². The Morgan fingerprint density at radius 1 is 1.09 bits per heavy atom. The van der Waals surface area contributed by atoms with Gasteiger partial charge in [0.1, 0.15) is 11.3 Å². The molecule has 0 aliphatic carbocycles. The summed E-state index contributed by atoms with van der Waals surface area (Å²) in [5.74, 6) is 1.23. The number of esters is 1. The zero-order valence-corrected chi connectivity index (χ0v) is 12.7. The predicted octanol–water partition coefficient (Wildman–Crippen LogP) is 1.76. The van der Waals surface area contributed by atoms with Gasteiger partial charge in [-0.15, -0.1) is 0 Å². The van der Waals surface area contributed by atoms with Crippen LogP contribution in [-0.2, 0) is 11.3 Å². The van der Waals surface area contributed by atoms with Crippen LogP contribution in [0.15, 0.2) is 16.7 Å². The fourth-order valence-corrected chi connectivity index (χ4v) is 1.79. The molecule has 0 bridgehead atoms. The molecule has 0 aliphatic rings. The van der Waals surface area contributed by atoms with E-state index in [-0.39, 0.29) is 18.1 Å². The second kappa shape index (κ2) is 6.79. The zero-order chi connectivity index (χ0) is 16.1. The summed E-state index contributed by atoms with van der Waals surface area (Å²) in [6.45, 7) is 1.54. The number of carbonyl (C=O) groups is 1. The van der Waals surface area contributed by atoms with Crippen molar-refractivity contribution < 1.29 is 28.3 Å². The van der Waals surface area contributed by atoms with Crippen LogP contribution in [0, 0.1) is 6.92 Å². The third-order valence-electron chi connectivity index (χ3n) is 2.82. The number of nitrogens with zero attached hydrogens (tertiary/aromatic N) is 2. The van der Waals surface area contributed by atoms with Crippen LogP contribution in [-0.4, -0.2) is 37.4 Å². The van der Waals surface area contributed by atoms with Crippen molar-refractivity contribution in [3.63, 3.8) is 0 Å². The Hall–Kier alpha value is -2.77. The van der Waals surface area contributed by atoms with Crippen molar-refractivity contribution >= 4 is 5.97 Å². The van der Waals surface area contributed by atoms with Crippen LogP contribution in [0.3, 0.4) is 0 Å². The molecule has 8 nitrogen and oxygen atoms in total. The largest absolute Gasteiger partial charge is 0.496 e. The molecule has 0 saturated carbocycles. The summed E-state index contributed by atoms with van der Waals surface area (Å²) in [5.41, 5.74) is 0.205. The Morgan fingerprint density at radius 3 is 2.27 bits per heavy atom. The number of aromatic nitrogens is 2. The molecule has 0 radical (unpaired) electrons. The maximum Gasteiger partial charge on any atom is 0.342 e. The van der Waals surface area contributed by atoms with Crippen LogP contribution in [0.4, 0.5) is 0 Å². The number of methoxy groups -OCH3 is 3. The molecular formula is C14H16N2O6. The summed E-state index contributed by atoms with van der Waals surface area (Å²) in [6, 6.07) is 3.03. The van der Waals surface area contributed by atoms with Gasteiger partial charge in [0.2, 0.25) is 0 Å². The molecule has 0 saturated heterocycles. The molecule has 0 unspecified atom stereocenters. The van der Waals surface area contributed by atoms with Gasteiger partial charge in [-0.1, -0.05) is 5.16 Å². The van der Waals surface area contributed by atoms with Gasteiger partial charge >= 0.3 is 5.97 Å². The Morgan fingerprint density at radius 2 is 1.73 bits per heavy atom. The van der Waals surface area contributed by atoms with E-state index in [9.17, 15) is 4.79 Å². The third kappa shape index (κ3) is 3.27. The summed E-state index contributed by atoms with van der Waals surface area (Å²) in [4.78, 5) is 16.1. The Balaban J connectivity index is 2.20. The number of hydrogen-bond acceptors (Lipinski definition) is 8. The molecule has 1 aromatic carbocycles. The monoisotopic (exact) mass is 308 g/mol. The molecule has 0 N–H and O–H groups in total. The predicted molar refractivity (Wildman–Crippen MR) is 74.3 cm³/mol. The van der Waals surface area contributed by atoms with Crippen molar-refractivity contribution in [1.82, 2.24) is 10.1 Å². The molecular weight excluding hydrogens is 292 g/mol. The van der Waals surface area contributed by atoms with Crippen LogP contribution in [0.5, 0.6) is 17.2 Å². The summed E-state index contributed by atoms with van der Waals surface area (Å²) in [6.07, 6.45) is 0. The second-order valence-corrected chi connectivity index (χ2v) is 4.22. The zero-order valence-electron chi connectivity index (χ0n) is 12.7. The van der Waals surface area contributed by atoms with E-state index in [0.29, 0.717) is 23.1 Å². The van der Waals surface area contributed by atoms with E-state index in [1.54, 1.807) is 13.0 Å². The first kappa shape index (κ1) is 15.6. The van der Waals surface area contributed by atoms with Gasteiger partial charge in [-0.05, 0) is 6.92 Å². The second-order valence-electron chi connectivity index (χ2n) is 4.22. The average molecular weight is 308 g/mol. The van der Waals surface area contributed by atoms with Gasteiger partial charge in [0, 0.05) is 12.1 Å². The first-order valence-corrected chi connectivity index (χ1v) is 6.35. The van der Waals surface area contributed by atoms with Crippen molar-refractivity contribution in [3.05, 3.63) is 29.4 Å². The highest BCUT2D eigenvalue weighted by Gasteiger charge is 2.19. The summed E-state index contributed by atoms with van der Waals surface area (Å²) in [7, 11) is 4.41. The lowest BCUT2D eigenvalue weighted by molar-refractivity contribution is 0.0425. The van der Waals surface area contributed by atoms with Crippen LogP contribution in [0.2, 0.25) is 0 Å². The molecule has 8 heteroatoms. The molecule has 22 heavy (non-hydrogen) atoms. The molecule has 2 aromatic rings. The molecule has 1 heterocycles. The lowest BCUT2D eigenvalue weighted by Crippen LogP contribution is -2.08. The molecule has 0 fully saturated rings. The van der Waals surface area contributed by atoms with Crippen molar-refractivity contribution in [2.75, 3.05) is 21.3 Å². The van der Waals surface area contributed by atoms with Gasteiger partial charge in [0.25, 0.3) is 5.89 Å². The minimum atomic E-state index is -0.603. The first-order valence-electron chi connectivity index (χ1n) is 6.35. The Bertz CT molecular complexity index is 667. The topological polar surface area (TPSA) is 92.9 Å². The number of benzene rings is 1. The van der Waals surface area contributed by atoms with E-state index in [1.165, 1.54) is 27.4 Å². The van der Waals surface area contributed by atoms with Crippen molar-refractivity contribution in [3.8, 4) is 17.2 Å². The molecule has 118 valence electrons. The van der Waals surface area contributed by atoms with E-state index in [1.807, 2.05) is 0 Å². The van der Waals surface area contributed by atoms with Crippen LogP contribution >= 0.6 is 0 Å². The van der Waals surface area contributed by atoms with E-state index in [0.717, 1.165) is 0 Å². The Labute approximate surface area is 126 Å². The van der Waals surface area contributed by atoms with Crippen LogP contribution in [0.25, 0.3) is 0 Å². The third-order valence-corrected chi connectivity index (χ3v) is 2.82. The highest BCUT2D eigenvalue weighted by molar-refractivity contribution is 5.93. The molecule has 0 amide bonds. The quantitative estimate of drug-likeness (QED) is 0.745. The van der Waals surface area contributed by atoms with Crippen LogP contribution in [0.1, 0.15) is 22.1 Å². The van der Waals surface area contributed by atoms with E-state index >= 15 is 0 Å². The highest BCUT2D eigenvalue weighted by atomic mass is 16.6. The molecule has 0 spiro atoms. The number of ether oxygens (including phenoxy) is 4. The van der Waals surface area contributed by atoms with Gasteiger partial charge < -0.3 is 23.5 Å². The van der Waals surface area contributed by atoms with E-state index < -0.39 is 5.97 Å². The van der Waals surface area contributed by atoms with Crippen LogP contribution < -0.4 is 14.2 Å². The molecule has 1 aromatic heterocycles. The maximum atomic E-state index is 12.2. The van der Waals surface area contributed by atoms with Crippen molar-refractivity contribution in [1.29, 1.82) is 0 Å². The fraction of sp³-hybridized carbons (Fsp3) is 0.357. The molecule has 2 rings (SSSR count). The Kier molecular flexibility index (Phi) is 4.82. The maximum absolute atomic E-state index is 12.2. The summed E-state index contributed by atoms with van der Waals surface area (Å²) >= 11 is 0. The van der Waals surface area contributed by atoms with Gasteiger partial charge in [0.05, 0.1) is 21.3 Å². The minimum Gasteiger partial charge on any atom is -0.496 e. The average Bonchev–Trinajstić information content (AvgIpc) is 2.96. The minimum absolute atomic E-state index is 0.128. The fourth-order valence-electron chi connectivity index (χ4n) is 1.79. The standard InChI is InChI=1S/C14H16N2O6/c1-8-15-13(22-16-8)7-21-14(17)9-5-11(19-3)12(20-4)6-10(9)18-2/h5-6H,7H2,1-4H3. The number of rotatable bonds is 6. The normalized spacial score (nSPS) is 10.2. The lowest BCUT2D eigenvalue weighted by Gasteiger charge is -2.13. The summed E-state index contributed by atoms with van der Waals surface area (Å²) < 4.78 is 25.5. The van der Waals surface area contributed by atoms with Gasteiger partial charge in [-0.2, -0.15) is 4.98 Å². The van der Waals surface area contributed by atoms with Gasteiger partial charge in [0.15, 0.2) is 23.9 Å².